The first-order valence-electron chi connectivity index (χ1n) is 8.65. The van der Waals surface area contributed by atoms with Crippen LogP contribution < -0.4 is 15.4 Å². The van der Waals surface area contributed by atoms with Crippen molar-refractivity contribution in [2.24, 2.45) is 0 Å². The monoisotopic (exact) mass is 338 g/mol. The summed E-state index contributed by atoms with van der Waals surface area (Å²) in [7, 11) is 0. The highest BCUT2D eigenvalue weighted by Crippen LogP contribution is 2.43. The lowest BCUT2D eigenvalue weighted by Crippen LogP contribution is -2.51. The normalized spacial score (nSPS) is 24.7. The van der Waals surface area contributed by atoms with Crippen LogP contribution in [0.4, 0.5) is 5.69 Å². The summed E-state index contributed by atoms with van der Waals surface area (Å²) in [5.41, 5.74) is 3.10. The summed E-state index contributed by atoms with van der Waals surface area (Å²) in [4.78, 5) is 11.4. The van der Waals surface area contributed by atoms with Gasteiger partial charge in [0.25, 0.3) is 5.91 Å². The molecular weight excluding hydrogens is 316 g/mol. The van der Waals surface area contributed by atoms with Gasteiger partial charge in [-0.1, -0.05) is 36.4 Å². The third-order valence-corrected chi connectivity index (χ3v) is 5.11. The molecular formula is C20H22N2O3. The molecule has 0 radical (unpaired) electrons. The van der Waals surface area contributed by atoms with E-state index >= 15 is 0 Å². The molecule has 1 amide bonds. The number of carbonyl (C=O) groups is 1. The van der Waals surface area contributed by atoms with Crippen molar-refractivity contribution in [1.29, 1.82) is 0 Å². The molecule has 2 aromatic carbocycles. The molecule has 0 spiro atoms. The Kier molecular flexibility index (Phi) is 4.19. The smallest absolute Gasteiger partial charge is 0.262 e. The second-order valence-electron chi connectivity index (χ2n) is 6.98. The minimum atomic E-state index is -0.210. The van der Waals surface area contributed by atoms with Gasteiger partial charge in [-0.2, -0.15) is 0 Å². The number of hydrogen-bond acceptors (Lipinski definition) is 4. The molecule has 0 saturated heterocycles. The topological polar surface area (TPSA) is 70.6 Å². The van der Waals surface area contributed by atoms with Crippen molar-refractivity contribution in [1.82, 2.24) is 5.32 Å². The fourth-order valence-corrected chi connectivity index (χ4v) is 3.80. The lowest BCUT2D eigenvalue weighted by molar-refractivity contribution is -0.118. The van der Waals surface area contributed by atoms with Gasteiger partial charge in [0.05, 0.1) is 11.8 Å². The van der Waals surface area contributed by atoms with Crippen molar-refractivity contribution in [3.8, 4) is 5.75 Å². The lowest BCUT2D eigenvalue weighted by Gasteiger charge is -2.46. The maximum Gasteiger partial charge on any atom is 0.262 e. The van der Waals surface area contributed by atoms with Gasteiger partial charge in [0.2, 0.25) is 0 Å². The highest BCUT2D eigenvalue weighted by molar-refractivity contribution is 5.95. The third kappa shape index (κ3) is 3.25. The zero-order valence-corrected chi connectivity index (χ0v) is 14.0. The summed E-state index contributed by atoms with van der Waals surface area (Å²) in [6.45, 7) is 1.59. The van der Waals surface area contributed by atoms with E-state index in [-0.39, 0.29) is 24.0 Å². The molecule has 130 valence electrons. The van der Waals surface area contributed by atoms with Crippen molar-refractivity contribution >= 4 is 11.6 Å². The van der Waals surface area contributed by atoms with Gasteiger partial charge >= 0.3 is 0 Å². The molecule has 2 aliphatic rings. The molecule has 0 atom stereocenters. The van der Waals surface area contributed by atoms with Gasteiger partial charge in [-0.25, -0.2) is 0 Å². The fraction of sp³-hybridized carbons (Fsp3) is 0.350. The summed E-state index contributed by atoms with van der Waals surface area (Å²) in [6, 6.07) is 16.2. The van der Waals surface area contributed by atoms with Gasteiger partial charge in [-0.15, -0.1) is 0 Å². The summed E-state index contributed by atoms with van der Waals surface area (Å²) < 4.78 is 5.39. The predicted octanol–water partition coefficient (Wildman–Crippen LogP) is 2.20. The average molecular weight is 338 g/mol. The van der Waals surface area contributed by atoms with Crippen LogP contribution in [0.15, 0.2) is 48.5 Å². The molecule has 1 saturated carbocycles. The summed E-state index contributed by atoms with van der Waals surface area (Å²) in [6.07, 6.45) is 1.37. The number of ether oxygens (including phenoxy) is 1. The molecule has 2 aromatic rings. The number of aliphatic hydroxyl groups is 1. The summed E-state index contributed by atoms with van der Waals surface area (Å²) in [5.74, 6) is 0.593. The highest BCUT2D eigenvalue weighted by Gasteiger charge is 2.44. The first-order valence-corrected chi connectivity index (χ1v) is 8.65. The average Bonchev–Trinajstić information content (AvgIpc) is 2.60. The molecule has 1 heterocycles. The van der Waals surface area contributed by atoms with Crippen LogP contribution in [0.3, 0.4) is 0 Å². The van der Waals surface area contributed by atoms with E-state index in [0.29, 0.717) is 12.3 Å². The number of aliphatic hydroxyl groups excluding tert-OH is 1. The molecule has 3 N–H and O–H groups in total. The number of anilines is 1. The van der Waals surface area contributed by atoms with E-state index in [1.807, 2.05) is 36.4 Å². The number of benzene rings is 2. The number of carbonyl (C=O) groups excluding carboxylic acids is 1. The van der Waals surface area contributed by atoms with Crippen LogP contribution in [0.5, 0.6) is 5.75 Å². The number of fused-ring (bicyclic) bond motifs is 1. The Balaban J connectivity index is 1.41. The van der Waals surface area contributed by atoms with Gasteiger partial charge < -0.3 is 20.5 Å². The van der Waals surface area contributed by atoms with E-state index in [1.165, 1.54) is 5.56 Å². The van der Waals surface area contributed by atoms with E-state index in [9.17, 15) is 9.90 Å². The summed E-state index contributed by atoms with van der Waals surface area (Å²) >= 11 is 0. The minimum Gasteiger partial charge on any atom is -0.482 e. The van der Waals surface area contributed by atoms with Gasteiger partial charge in [0, 0.05) is 18.5 Å². The standard InChI is InChI=1S/C20H22N2O3/c23-16-9-20(10-16,15-4-2-1-3-5-15)13-21-11-14-6-7-18-17(8-14)22-19(24)12-25-18/h1-8,16,21,23H,9-13H2,(H,22,24). The molecule has 0 unspecified atom stereocenters. The van der Waals surface area contributed by atoms with E-state index in [0.717, 1.165) is 30.6 Å². The van der Waals surface area contributed by atoms with Crippen LogP contribution in [0.1, 0.15) is 24.0 Å². The maximum atomic E-state index is 11.4. The zero-order chi connectivity index (χ0) is 17.3. The second kappa shape index (κ2) is 6.50. The summed E-state index contributed by atoms with van der Waals surface area (Å²) in [5, 5.41) is 16.2. The number of amides is 1. The Bertz CT molecular complexity index is 770. The largest absolute Gasteiger partial charge is 0.482 e. The molecule has 25 heavy (non-hydrogen) atoms. The Labute approximate surface area is 147 Å². The zero-order valence-electron chi connectivity index (χ0n) is 14.0. The first kappa shape index (κ1) is 16.1. The predicted molar refractivity (Wildman–Crippen MR) is 95.6 cm³/mol. The van der Waals surface area contributed by atoms with Gasteiger partial charge in [0.15, 0.2) is 6.61 Å². The van der Waals surface area contributed by atoms with Crippen LogP contribution in [-0.2, 0) is 16.8 Å². The van der Waals surface area contributed by atoms with Crippen molar-refractivity contribution in [3.63, 3.8) is 0 Å². The molecule has 1 aliphatic heterocycles. The molecule has 5 nitrogen and oxygen atoms in total. The molecule has 0 bridgehead atoms. The van der Waals surface area contributed by atoms with E-state index in [1.54, 1.807) is 0 Å². The third-order valence-electron chi connectivity index (χ3n) is 5.11. The molecule has 0 aromatic heterocycles. The number of hydrogen-bond donors (Lipinski definition) is 3. The van der Waals surface area contributed by atoms with Gasteiger partial charge in [-0.05, 0) is 36.1 Å². The Morgan fingerprint density at radius 2 is 2.00 bits per heavy atom. The SMILES string of the molecule is O=C1COc2ccc(CNCC3(c4ccccc4)CC(O)C3)cc2N1. The Morgan fingerprint density at radius 3 is 2.76 bits per heavy atom. The molecule has 1 fully saturated rings. The van der Waals surface area contributed by atoms with Crippen LogP contribution in [-0.4, -0.2) is 30.3 Å². The van der Waals surface area contributed by atoms with Crippen molar-refractivity contribution in [2.45, 2.75) is 30.9 Å². The Morgan fingerprint density at radius 1 is 1.20 bits per heavy atom. The van der Waals surface area contributed by atoms with Crippen LogP contribution >= 0.6 is 0 Å². The number of rotatable bonds is 5. The maximum absolute atomic E-state index is 11.4. The van der Waals surface area contributed by atoms with Crippen LogP contribution in [0.2, 0.25) is 0 Å². The number of nitrogens with one attached hydrogen (secondary N) is 2. The Hall–Kier alpha value is -2.37. The molecule has 5 heteroatoms. The second-order valence-corrected chi connectivity index (χ2v) is 6.98. The van der Waals surface area contributed by atoms with Crippen LogP contribution in [0, 0.1) is 0 Å². The molecule has 4 rings (SSSR count). The minimum absolute atomic E-state index is 0.00616. The van der Waals surface area contributed by atoms with Crippen molar-refractivity contribution < 1.29 is 14.6 Å². The van der Waals surface area contributed by atoms with E-state index in [4.69, 9.17) is 4.74 Å². The fourth-order valence-electron chi connectivity index (χ4n) is 3.80. The van der Waals surface area contributed by atoms with E-state index < -0.39 is 0 Å². The quantitative estimate of drug-likeness (QED) is 0.782. The van der Waals surface area contributed by atoms with E-state index in [2.05, 4.69) is 22.8 Å². The lowest BCUT2D eigenvalue weighted by atomic mass is 9.62. The van der Waals surface area contributed by atoms with Crippen LogP contribution in [0.25, 0.3) is 0 Å². The van der Waals surface area contributed by atoms with Crippen molar-refractivity contribution in [2.75, 3.05) is 18.5 Å². The van der Waals surface area contributed by atoms with Gasteiger partial charge in [0.1, 0.15) is 5.75 Å². The first-order chi connectivity index (χ1) is 12.1. The van der Waals surface area contributed by atoms with Crippen molar-refractivity contribution in [3.05, 3.63) is 59.7 Å². The van der Waals surface area contributed by atoms with Gasteiger partial charge in [-0.3, -0.25) is 4.79 Å². The molecule has 1 aliphatic carbocycles. The highest BCUT2D eigenvalue weighted by atomic mass is 16.5.